The van der Waals surface area contributed by atoms with E-state index < -0.39 is 29.5 Å². The number of hydrogen-bond donors (Lipinski definition) is 1. The first-order valence-corrected chi connectivity index (χ1v) is 7.44. The van der Waals surface area contributed by atoms with Gasteiger partial charge in [-0.25, -0.2) is 9.18 Å². The van der Waals surface area contributed by atoms with E-state index in [1.54, 1.807) is 33.8 Å². The van der Waals surface area contributed by atoms with Crippen molar-refractivity contribution in [2.45, 2.75) is 52.7 Å². The van der Waals surface area contributed by atoms with E-state index in [-0.39, 0.29) is 11.3 Å². The number of nitrogens with one attached hydrogen (secondary N) is 1. The van der Waals surface area contributed by atoms with Crippen LogP contribution in [0.25, 0.3) is 0 Å². The molecule has 5 heteroatoms. The molecule has 0 saturated carbocycles. The number of ether oxygens (including phenoxy) is 1. The Morgan fingerprint density at radius 3 is 2.36 bits per heavy atom. The lowest BCUT2D eigenvalue weighted by Crippen LogP contribution is -2.44. The molecule has 0 aliphatic rings. The molecule has 1 amide bonds. The van der Waals surface area contributed by atoms with Crippen molar-refractivity contribution in [3.05, 3.63) is 35.6 Å². The molecule has 1 N–H and O–H groups in total. The van der Waals surface area contributed by atoms with Gasteiger partial charge in [0.2, 0.25) is 0 Å². The van der Waals surface area contributed by atoms with E-state index in [1.807, 2.05) is 6.92 Å². The van der Waals surface area contributed by atoms with Gasteiger partial charge in [-0.15, -0.1) is 0 Å². The number of carbonyl (C=O) groups excluding carboxylic acids is 2. The molecule has 0 bridgehead atoms. The number of rotatable bonds is 5. The van der Waals surface area contributed by atoms with Crippen LogP contribution in [-0.4, -0.2) is 23.5 Å². The summed E-state index contributed by atoms with van der Waals surface area (Å²) in [4.78, 5) is 24.2. The lowest BCUT2D eigenvalue weighted by Gasteiger charge is -2.26. The van der Waals surface area contributed by atoms with Gasteiger partial charge in [-0.05, 0) is 39.3 Å². The van der Waals surface area contributed by atoms with Crippen molar-refractivity contribution in [3.63, 3.8) is 0 Å². The fraction of sp³-hybridized carbons (Fsp3) is 0.529. The van der Waals surface area contributed by atoms with Crippen LogP contribution in [0.15, 0.2) is 24.3 Å². The molecule has 1 rings (SSSR count). The van der Waals surface area contributed by atoms with E-state index in [4.69, 9.17) is 4.74 Å². The maximum atomic E-state index is 13.7. The molecular weight excluding hydrogens is 285 g/mol. The minimum absolute atomic E-state index is 0.0411. The Morgan fingerprint density at radius 1 is 1.27 bits per heavy atom. The minimum Gasteiger partial charge on any atom is -0.444 e. The fourth-order valence-corrected chi connectivity index (χ4v) is 2.13. The first-order valence-electron chi connectivity index (χ1n) is 7.44. The quantitative estimate of drug-likeness (QED) is 0.838. The molecule has 0 spiro atoms. The van der Waals surface area contributed by atoms with Crippen LogP contribution in [0.4, 0.5) is 9.18 Å². The zero-order chi connectivity index (χ0) is 16.9. The summed E-state index contributed by atoms with van der Waals surface area (Å²) in [6.45, 7) is 8.83. The number of amides is 1. The Labute approximate surface area is 131 Å². The van der Waals surface area contributed by atoms with Crippen LogP contribution in [0.1, 0.15) is 51.4 Å². The summed E-state index contributed by atoms with van der Waals surface area (Å²) in [6, 6.07) is 5.44. The largest absolute Gasteiger partial charge is 0.444 e. The van der Waals surface area contributed by atoms with Crippen molar-refractivity contribution in [2.24, 2.45) is 5.92 Å². The second kappa shape index (κ2) is 7.38. The average molecular weight is 309 g/mol. The SMILES string of the molecule is CCC(NC(=O)OC(C)(C)C)C(C)C(=O)c1ccccc1F. The Hall–Kier alpha value is -1.91. The zero-order valence-corrected chi connectivity index (χ0v) is 13.8. The molecule has 0 aliphatic carbocycles. The Bertz CT molecular complexity index is 537. The molecule has 0 heterocycles. The standard InChI is InChI=1S/C17H24FNO3/c1-6-14(19-16(21)22-17(3,4)5)11(2)15(20)12-9-7-8-10-13(12)18/h7-11,14H,6H2,1-5H3,(H,19,21). The fourth-order valence-electron chi connectivity index (χ4n) is 2.13. The number of benzene rings is 1. The Morgan fingerprint density at radius 2 is 1.86 bits per heavy atom. The molecule has 2 atom stereocenters. The highest BCUT2D eigenvalue weighted by Crippen LogP contribution is 2.18. The predicted molar refractivity (Wildman–Crippen MR) is 83.3 cm³/mol. The van der Waals surface area contributed by atoms with E-state index in [0.717, 1.165) is 0 Å². The maximum Gasteiger partial charge on any atom is 0.407 e. The summed E-state index contributed by atoms with van der Waals surface area (Å²) in [5.74, 6) is -1.43. The normalized spacial score (nSPS) is 14.1. The highest BCUT2D eigenvalue weighted by Gasteiger charge is 2.28. The first kappa shape index (κ1) is 18.1. The Balaban J connectivity index is 2.80. The molecular formula is C17H24FNO3. The van der Waals surface area contributed by atoms with Gasteiger partial charge in [-0.1, -0.05) is 26.0 Å². The van der Waals surface area contributed by atoms with Gasteiger partial charge in [0.05, 0.1) is 5.56 Å². The lowest BCUT2D eigenvalue weighted by atomic mass is 9.91. The van der Waals surface area contributed by atoms with Gasteiger partial charge >= 0.3 is 6.09 Å². The van der Waals surface area contributed by atoms with Crippen molar-refractivity contribution >= 4 is 11.9 Å². The van der Waals surface area contributed by atoms with E-state index >= 15 is 0 Å². The number of ketones is 1. The zero-order valence-electron chi connectivity index (χ0n) is 13.8. The summed E-state index contributed by atoms with van der Waals surface area (Å²) >= 11 is 0. The third-order valence-electron chi connectivity index (χ3n) is 3.30. The van der Waals surface area contributed by atoms with Crippen molar-refractivity contribution in [1.29, 1.82) is 0 Å². The topological polar surface area (TPSA) is 55.4 Å². The summed E-state index contributed by atoms with van der Waals surface area (Å²) in [6.07, 6.45) is -0.0341. The summed E-state index contributed by atoms with van der Waals surface area (Å²) in [5, 5.41) is 2.69. The van der Waals surface area contributed by atoms with Gasteiger partial charge in [0.15, 0.2) is 5.78 Å². The number of hydrogen-bond acceptors (Lipinski definition) is 3. The van der Waals surface area contributed by atoms with Crippen molar-refractivity contribution < 1.29 is 18.7 Å². The first-order chi connectivity index (χ1) is 10.2. The third-order valence-corrected chi connectivity index (χ3v) is 3.30. The van der Waals surface area contributed by atoms with Gasteiger partial charge in [0.1, 0.15) is 11.4 Å². The molecule has 1 aromatic carbocycles. The highest BCUT2D eigenvalue weighted by atomic mass is 19.1. The molecule has 0 aliphatic heterocycles. The summed E-state index contributed by atoms with van der Waals surface area (Å²) in [7, 11) is 0. The third kappa shape index (κ3) is 5.13. The van der Waals surface area contributed by atoms with Crippen molar-refractivity contribution in [1.82, 2.24) is 5.32 Å². The van der Waals surface area contributed by atoms with Crippen LogP contribution in [0.5, 0.6) is 0 Å². The number of alkyl carbamates (subject to hydrolysis) is 1. The second-order valence-corrected chi connectivity index (χ2v) is 6.29. The molecule has 0 saturated heterocycles. The van der Waals surface area contributed by atoms with Crippen LogP contribution in [0.3, 0.4) is 0 Å². The highest BCUT2D eigenvalue weighted by molar-refractivity contribution is 5.98. The van der Waals surface area contributed by atoms with Crippen LogP contribution in [0.2, 0.25) is 0 Å². The molecule has 0 fully saturated rings. The van der Waals surface area contributed by atoms with E-state index in [2.05, 4.69) is 5.32 Å². The molecule has 1 aromatic rings. The molecule has 2 unspecified atom stereocenters. The molecule has 0 radical (unpaired) electrons. The smallest absolute Gasteiger partial charge is 0.407 e. The van der Waals surface area contributed by atoms with Gasteiger partial charge in [0, 0.05) is 12.0 Å². The van der Waals surface area contributed by atoms with Gasteiger partial charge in [-0.3, -0.25) is 4.79 Å². The molecule has 122 valence electrons. The lowest BCUT2D eigenvalue weighted by molar-refractivity contribution is 0.0484. The predicted octanol–water partition coefficient (Wildman–Crippen LogP) is 3.95. The average Bonchev–Trinajstić information content (AvgIpc) is 2.42. The molecule has 0 aromatic heterocycles. The second-order valence-electron chi connectivity index (χ2n) is 6.29. The minimum atomic E-state index is -0.610. The van der Waals surface area contributed by atoms with Crippen LogP contribution >= 0.6 is 0 Å². The molecule has 22 heavy (non-hydrogen) atoms. The van der Waals surface area contributed by atoms with E-state index in [0.29, 0.717) is 6.42 Å². The number of carbonyl (C=O) groups is 2. The molecule has 4 nitrogen and oxygen atoms in total. The number of Topliss-reactive ketones (excluding diaryl/α,β-unsaturated/α-hetero) is 1. The van der Waals surface area contributed by atoms with Crippen molar-refractivity contribution in [3.8, 4) is 0 Å². The summed E-state index contributed by atoms with van der Waals surface area (Å²) < 4.78 is 18.9. The van der Waals surface area contributed by atoms with E-state index in [1.165, 1.54) is 18.2 Å². The van der Waals surface area contributed by atoms with Crippen LogP contribution in [-0.2, 0) is 4.74 Å². The van der Waals surface area contributed by atoms with E-state index in [9.17, 15) is 14.0 Å². The van der Waals surface area contributed by atoms with Gasteiger partial charge in [-0.2, -0.15) is 0 Å². The van der Waals surface area contributed by atoms with Crippen LogP contribution in [0, 0.1) is 11.7 Å². The summed E-state index contributed by atoms with van der Waals surface area (Å²) in [5.41, 5.74) is -0.569. The maximum absolute atomic E-state index is 13.7. The van der Waals surface area contributed by atoms with Crippen molar-refractivity contribution in [2.75, 3.05) is 0 Å². The number of halogens is 1. The van der Waals surface area contributed by atoms with Crippen LogP contribution < -0.4 is 5.32 Å². The monoisotopic (exact) mass is 309 g/mol. The van der Waals surface area contributed by atoms with Gasteiger partial charge in [0.25, 0.3) is 0 Å². The van der Waals surface area contributed by atoms with Gasteiger partial charge < -0.3 is 10.1 Å². The Kier molecular flexibility index (Phi) is 6.09.